The Balaban J connectivity index is 1.75. The number of amides is 1. The molecule has 0 radical (unpaired) electrons. The third-order valence-corrected chi connectivity index (χ3v) is 7.13. The zero-order valence-corrected chi connectivity index (χ0v) is 20.7. The maximum absolute atomic E-state index is 13.1. The van der Waals surface area contributed by atoms with Crippen molar-refractivity contribution in [1.29, 1.82) is 0 Å². The summed E-state index contributed by atoms with van der Waals surface area (Å²) in [5, 5.41) is 0. The maximum atomic E-state index is 13.1. The molecule has 1 aromatic carbocycles. The molecule has 1 aromatic heterocycles. The molecule has 9 nitrogen and oxygen atoms in total. The van der Waals surface area contributed by atoms with Gasteiger partial charge in [-0.3, -0.25) is 0 Å². The molecule has 0 atom stereocenters. The minimum atomic E-state index is -3.84. The minimum Gasteiger partial charge on any atom is -0.444 e. The quantitative estimate of drug-likeness (QED) is 0.714. The van der Waals surface area contributed by atoms with E-state index in [1.54, 1.807) is 29.2 Å². The number of hydrogen-bond acceptors (Lipinski definition) is 8. The molecule has 0 aliphatic carbocycles. The molecule has 0 spiro atoms. The fourth-order valence-corrected chi connectivity index (χ4v) is 4.78. The number of sulfone groups is 1. The van der Waals surface area contributed by atoms with Crippen LogP contribution in [-0.4, -0.2) is 61.2 Å². The number of carbonyl (C=O) groups is 1. The summed E-state index contributed by atoms with van der Waals surface area (Å²) in [7, 11) is -3.84. The van der Waals surface area contributed by atoms with Gasteiger partial charge in [0, 0.05) is 26.2 Å². The van der Waals surface area contributed by atoms with Crippen molar-refractivity contribution in [3.05, 3.63) is 36.0 Å². The molecule has 33 heavy (non-hydrogen) atoms. The summed E-state index contributed by atoms with van der Waals surface area (Å²) in [6, 6.07) is 6.77. The van der Waals surface area contributed by atoms with Gasteiger partial charge < -0.3 is 20.3 Å². The summed E-state index contributed by atoms with van der Waals surface area (Å²) in [6.45, 7) is 11.7. The fourth-order valence-electron chi connectivity index (χ4n) is 3.52. The average Bonchev–Trinajstić information content (AvgIpc) is 2.99. The highest BCUT2D eigenvalue weighted by molar-refractivity contribution is 7.91. The van der Waals surface area contributed by atoms with Crippen LogP contribution in [0.15, 0.2) is 40.3 Å². The summed E-state index contributed by atoms with van der Waals surface area (Å²) in [5.74, 6) is 0.545. The normalized spacial score (nSPS) is 15.5. The zero-order chi connectivity index (χ0) is 24.4. The maximum Gasteiger partial charge on any atom is 0.410 e. The topological polar surface area (TPSA) is 119 Å². The van der Waals surface area contributed by atoms with Gasteiger partial charge >= 0.3 is 6.09 Å². The molecule has 0 saturated carbocycles. The van der Waals surface area contributed by atoms with Crippen molar-refractivity contribution in [3.8, 4) is 0 Å². The summed E-state index contributed by atoms with van der Waals surface area (Å²) >= 11 is 0. The van der Waals surface area contributed by atoms with Crippen molar-refractivity contribution >= 4 is 27.7 Å². The monoisotopic (exact) mass is 475 g/mol. The van der Waals surface area contributed by atoms with Crippen molar-refractivity contribution < 1.29 is 17.9 Å². The van der Waals surface area contributed by atoms with Gasteiger partial charge in [0.25, 0.3) is 0 Å². The van der Waals surface area contributed by atoms with E-state index < -0.39 is 15.4 Å². The summed E-state index contributed by atoms with van der Waals surface area (Å²) in [6.07, 6.45) is 1.61. The molecular formula is C23H33N5O4S. The van der Waals surface area contributed by atoms with Crippen LogP contribution in [0.2, 0.25) is 0 Å². The van der Waals surface area contributed by atoms with Crippen LogP contribution >= 0.6 is 0 Å². The first-order valence-corrected chi connectivity index (χ1v) is 12.6. The lowest BCUT2D eigenvalue weighted by Gasteiger charge is -2.26. The minimum absolute atomic E-state index is 0.0961. The molecule has 10 heteroatoms. The number of anilines is 2. The van der Waals surface area contributed by atoms with Gasteiger partial charge in [-0.25, -0.2) is 18.2 Å². The number of rotatable bonds is 4. The Morgan fingerprint density at radius 3 is 2.33 bits per heavy atom. The van der Waals surface area contributed by atoms with Crippen molar-refractivity contribution in [2.45, 2.75) is 62.3 Å². The smallest absolute Gasteiger partial charge is 0.410 e. The van der Waals surface area contributed by atoms with Gasteiger partial charge in [0.05, 0.1) is 11.1 Å². The molecule has 2 aromatic rings. The molecule has 180 valence electrons. The first kappa shape index (κ1) is 24.8. The predicted molar refractivity (Wildman–Crippen MR) is 127 cm³/mol. The van der Waals surface area contributed by atoms with Gasteiger partial charge in [-0.1, -0.05) is 26.0 Å². The van der Waals surface area contributed by atoms with Gasteiger partial charge in [0.15, 0.2) is 0 Å². The van der Waals surface area contributed by atoms with E-state index >= 15 is 0 Å². The molecule has 0 bridgehead atoms. The van der Waals surface area contributed by atoms with Crippen molar-refractivity contribution in [2.75, 3.05) is 36.8 Å². The van der Waals surface area contributed by atoms with E-state index in [1.165, 1.54) is 6.20 Å². The Labute approximate surface area is 195 Å². The third kappa shape index (κ3) is 5.93. The van der Waals surface area contributed by atoms with Crippen molar-refractivity contribution in [2.24, 2.45) is 0 Å². The van der Waals surface area contributed by atoms with E-state index in [9.17, 15) is 13.2 Å². The molecule has 0 unspecified atom stereocenters. The number of carbonyl (C=O) groups excluding carboxylic acids is 1. The molecule has 1 fully saturated rings. The number of benzene rings is 1. The molecular weight excluding hydrogens is 442 g/mol. The second-order valence-corrected chi connectivity index (χ2v) is 11.4. The second-order valence-electron chi connectivity index (χ2n) is 9.45. The summed E-state index contributed by atoms with van der Waals surface area (Å²) < 4.78 is 31.6. The van der Waals surface area contributed by atoms with Crippen LogP contribution in [-0.2, 0) is 14.6 Å². The lowest BCUT2D eigenvalue weighted by atomic mass is 10.0. The van der Waals surface area contributed by atoms with Gasteiger partial charge in [0.1, 0.15) is 16.3 Å². The van der Waals surface area contributed by atoms with E-state index in [-0.39, 0.29) is 21.7 Å². The van der Waals surface area contributed by atoms with Crippen LogP contribution in [0.1, 0.15) is 52.5 Å². The van der Waals surface area contributed by atoms with Crippen molar-refractivity contribution in [1.82, 2.24) is 14.9 Å². The number of nitrogen functional groups attached to an aromatic ring is 1. The highest BCUT2D eigenvalue weighted by Crippen LogP contribution is 2.27. The number of aromatic nitrogens is 2. The second kappa shape index (κ2) is 9.54. The highest BCUT2D eigenvalue weighted by atomic mass is 32.2. The lowest BCUT2D eigenvalue weighted by molar-refractivity contribution is 0.0263. The van der Waals surface area contributed by atoms with Crippen LogP contribution in [0.3, 0.4) is 0 Å². The first-order valence-electron chi connectivity index (χ1n) is 11.1. The number of hydrogen-bond donors (Lipinski definition) is 1. The molecule has 2 heterocycles. The molecule has 3 rings (SSSR count). The summed E-state index contributed by atoms with van der Waals surface area (Å²) in [5.41, 5.74) is 6.56. The van der Waals surface area contributed by atoms with Crippen LogP contribution in [0.25, 0.3) is 0 Å². The molecule has 1 saturated heterocycles. The SMILES string of the molecule is CC(C)c1ccc(S(=O)(=O)c2cnc(N3CCCN(C(=O)OC(C)(C)C)CC3)nc2N)cc1. The number of ether oxygens (including phenoxy) is 1. The van der Waals surface area contributed by atoms with E-state index in [2.05, 4.69) is 9.97 Å². The number of nitrogens with zero attached hydrogens (tertiary/aromatic N) is 4. The molecule has 1 amide bonds. The lowest BCUT2D eigenvalue weighted by Crippen LogP contribution is -2.39. The van der Waals surface area contributed by atoms with Gasteiger partial charge in [-0.15, -0.1) is 0 Å². The predicted octanol–water partition coefficient (Wildman–Crippen LogP) is 3.46. The zero-order valence-electron chi connectivity index (χ0n) is 19.9. The van der Waals surface area contributed by atoms with Gasteiger partial charge in [-0.2, -0.15) is 4.98 Å². The Hall–Kier alpha value is -2.88. The van der Waals surface area contributed by atoms with E-state index in [0.717, 1.165) is 5.56 Å². The fraction of sp³-hybridized carbons (Fsp3) is 0.522. The third-order valence-electron chi connectivity index (χ3n) is 5.35. The van der Waals surface area contributed by atoms with E-state index in [4.69, 9.17) is 10.5 Å². The largest absolute Gasteiger partial charge is 0.444 e. The first-order chi connectivity index (χ1) is 15.4. The van der Waals surface area contributed by atoms with E-state index in [1.807, 2.05) is 39.5 Å². The van der Waals surface area contributed by atoms with Gasteiger partial charge in [-0.05, 0) is 50.8 Å². The highest BCUT2D eigenvalue weighted by Gasteiger charge is 2.27. The molecule has 1 aliphatic rings. The Bertz CT molecular complexity index is 1090. The molecule has 2 N–H and O–H groups in total. The van der Waals surface area contributed by atoms with Gasteiger partial charge in [0.2, 0.25) is 15.8 Å². The number of nitrogens with two attached hydrogens (primary N) is 1. The molecule has 1 aliphatic heterocycles. The Kier molecular flexibility index (Phi) is 7.16. The van der Waals surface area contributed by atoms with Crippen molar-refractivity contribution in [3.63, 3.8) is 0 Å². The Morgan fingerprint density at radius 2 is 1.76 bits per heavy atom. The van der Waals surface area contributed by atoms with E-state index in [0.29, 0.717) is 44.5 Å². The van der Waals surface area contributed by atoms with Crippen LogP contribution in [0.5, 0.6) is 0 Å². The van der Waals surface area contributed by atoms with Crippen LogP contribution < -0.4 is 10.6 Å². The van der Waals surface area contributed by atoms with Crippen LogP contribution in [0, 0.1) is 0 Å². The van der Waals surface area contributed by atoms with Crippen LogP contribution in [0.4, 0.5) is 16.6 Å². The summed E-state index contributed by atoms with van der Waals surface area (Å²) in [4.78, 5) is 24.5. The average molecular weight is 476 g/mol. The standard InChI is InChI=1S/C23H33N5O4S/c1-16(2)17-7-9-18(10-8-17)33(30,31)19-15-25-21(26-20(19)24)27-11-6-12-28(14-13-27)22(29)32-23(3,4)5/h7-10,15-16H,6,11-14H2,1-5H3,(H2,24,25,26). The Morgan fingerprint density at radius 1 is 1.09 bits per heavy atom.